The first-order chi connectivity index (χ1) is 9.15. The number of nitrogens with one attached hydrogen (secondary N) is 1. The van der Waals surface area contributed by atoms with E-state index in [2.05, 4.69) is 10.3 Å². The summed E-state index contributed by atoms with van der Waals surface area (Å²) >= 11 is 0. The van der Waals surface area contributed by atoms with E-state index in [9.17, 15) is 8.78 Å². The summed E-state index contributed by atoms with van der Waals surface area (Å²) in [5.74, 6) is -1.51. The Hall–Kier alpha value is -2.17. The molecule has 0 saturated carbocycles. The molecule has 0 spiro atoms. The van der Waals surface area contributed by atoms with E-state index in [1.165, 1.54) is 12.1 Å². The third-order valence-corrected chi connectivity index (χ3v) is 3.34. The number of hydrogen-bond donors (Lipinski definition) is 2. The summed E-state index contributed by atoms with van der Waals surface area (Å²) in [7, 11) is 0. The summed E-state index contributed by atoms with van der Waals surface area (Å²) < 4.78 is 26.8. The van der Waals surface area contributed by atoms with Gasteiger partial charge in [-0.05, 0) is 43.0 Å². The summed E-state index contributed by atoms with van der Waals surface area (Å²) in [5, 5.41) is 3.04. The molecule has 1 aromatic carbocycles. The smallest absolute Gasteiger partial charge is 0.151 e. The molecule has 0 atom stereocenters. The van der Waals surface area contributed by atoms with Crippen LogP contribution >= 0.6 is 0 Å². The average molecular weight is 261 g/mol. The molecule has 3 nitrogen and oxygen atoms in total. The fourth-order valence-corrected chi connectivity index (χ4v) is 2.39. The van der Waals surface area contributed by atoms with Crippen molar-refractivity contribution in [3.8, 4) is 0 Å². The molecule has 3 rings (SSSR count). The number of nitrogens with zero attached hydrogens (tertiary/aromatic N) is 1. The second-order valence-corrected chi connectivity index (χ2v) is 4.62. The number of aryl methyl sites for hydroxylation is 1. The molecule has 3 N–H and O–H groups in total. The molecule has 0 bridgehead atoms. The highest BCUT2D eigenvalue weighted by Crippen LogP contribution is 2.30. The van der Waals surface area contributed by atoms with E-state index in [1.54, 1.807) is 6.20 Å². The van der Waals surface area contributed by atoms with Crippen molar-refractivity contribution in [3.05, 3.63) is 47.3 Å². The van der Waals surface area contributed by atoms with Gasteiger partial charge in [0.05, 0.1) is 0 Å². The summed E-state index contributed by atoms with van der Waals surface area (Å²) in [6.07, 6.45) is 4.66. The number of pyridine rings is 1. The van der Waals surface area contributed by atoms with Crippen LogP contribution in [-0.4, -0.2) is 4.98 Å². The van der Waals surface area contributed by atoms with Crippen LogP contribution in [0, 0.1) is 11.6 Å². The van der Waals surface area contributed by atoms with Crippen molar-refractivity contribution in [2.24, 2.45) is 0 Å². The van der Waals surface area contributed by atoms with Gasteiger partial charge in [-0.2, -0.15) is 0 Å². The monoisotopic (exact) mass is 261 g/mol. The van der Waals surface area contributed by atoms with Gasteiger partial charge in [0.2, 0.25) is 0 Å². The lowest BCUT2D eigenvalue weighted by atomic mass is 10.1. The fourth-order valence-electron chi connectivity index (χ4n) is 2.39. The summed E-state index contributed by atoms with van der Waals surface area (Å²) in [4.78, 5) is 4.30. The van der Waals surface area contributed by atoms with Crippen LogP contribution in [0.1, 0.15) is 17.7 Å². The van der Waals surface area contributed by atoms with E-state index >= 15 is 0 Å². The number of fused-ring (bicyclic) bond motifs is 1. The van der Waals surface area contributed by atoms with Gasteiger partial charge in [0.1, 0.15) is 5.69 Å². The van der Waals surface area contributed by atoms with Crippen LogP contribution in [0.4, 0.5) is 25.8 Å². The number of halogens is 2. The zero-order valence-electron chi connectivity index (χ0n) is 10.2. The molecule has 2 aromatic rings. The highest BCUT2D eigenvalue weighted by atomic mass is 19.1. The Morgan fingerprint density at radius 1 is 1.16 bits per heavy atom. The predicted molar refractivity (Wildman–Crippen MR) is 70.3 cm³/mol. The van der Waals surface area contributed by atoms with Gasteiger partial charge >= 0.3 is 0 Å². The highest BCUT2D eigenvalue weighted by Gasteiger charge is 2.16. The largest absolute Gasteiger partial charge is 0.394 e. The zero-order valence-corrected chi connectivity index (χ0v) is 10.2. The second kappa shape index (κ2) is 4.50. The maximum Gasteiger partial charge on any atom is 0.151 e. The minimum Gasteiger partial charge on any atom is -0.394 e. The molecule has 0 aliphatic heterocycles. The normalized spacial score (nSPS) is 13.4. The lowest BCUT2D eigenvalue weighted by Gasteiger charge is -2.11. The van der Waals surface area contributed by atoms with E-state index in [0.717, 1.165) is 36.2 Å². The zero-order chi connectivity index (χ0) is 13.4. The number of aromatic nitrogens is 1. The number of nitrogen functional groups attached to an aromatic ring is 1. The molecule has 19 heavy (non-hydrogen) atoms. The van der Waals surface area contributed by atoms with Crippen LogP contribution in [-0.2, 0) is 12.8 Å². The van der Waals surface area contributed by atoms with Crippen molar-refractivity contribution in [1.82, 2.24) is 4.98 Å². The van der Waals surface area contributed by atoms with Gasteiger partial charge in [-0.3, -0.25) is 4.98 Å². The molecule has 0 unspecified atom stereocenters. The average Bonchev–Trinajstić information content (AvgIpc) is 2.85. The van der Waals surface area contributed by atoms with Gasteiger partial charge in [-0.15, -0.1) is 0 Å². The number of hydrogen-bond acceptors (Lipinski definition) is 3. The predicted octanol–water partition coefficient (Wildman–Crippen LogP) is 3.17. The SMILES string of the molecule is Nc1c(F)cc(Nc2ccnc3c2CCC3)cc1F. The third kappa shape index (κ3) is 2.12. The third-order valence-electron chi connectivity index (χ3n) is 3.34. The maximum atomic E-state index is 13.4. The van der Waals surface area contributed by atoms with Gasteiger partial charge in [0.15, 0.2) is 11.6 Å². The van der Waals surface area contributed by atoms with E-state index in [0.29, 0.717) is 5.69 Å². The van der Waals surface area contributed by atoms with Crippen LogP contribution in [0.2, 0.25) is 0 Å². The van der Waals surface area contributed by atoms with Crippen LogP contribution in [0.15, 0.2) is 24.4 Å². The maximum absolute atomic E-state index is 13.4. The molecule has 98 valence electrons. The van der Waals surface area contributed by atoms with E-state index in [1.807, 2.05) is 6.07 Å². The molecule has 0 saturated heterocycles. The van der Waals surface area contributed by atoms with Gasteiger partial charge in [0.25, 0.3) is 0 Å². The molecule has 1 aliphatic carbocycles. The molecule has 1 aromatic heterocycles. The van der Waals surface area contributed by atoms with Crippen molar-refractivity contribution in [1.29, 1.82) is 0 Å². The van der Waals surface area contributed by atoms with Crippen LogP contribution in [0.5, 0.6) is 0 Å². The van der Waals surface area contributed by atoms with Crippen LogP contribution in [0.25, 0.3) is 0 Å². The van der Waals surface area contributed by atoms with Crippen molar-refractivity contribution in [2.45, 2.75) is 19.3 Å². The Kier molecular flexibility index (Phi) is 2.81. The van der Waals surface area contributed by atoms with Crippen LogP contribution < -0.4 is 11.1 Å². The lowest BCUT2D eigenvalue weighted by molar-refractivity contribution is 0.593. The van der Waals surface area contributed by atoms with E-state index < -0.39 is 17.3 Å². The molecular weight excluding hydrogens is 248 g/mol. The van der Waals surface area contributed by atoms with Crippen molar-refractivity contribution < 1.29 is 8.78 Å². The summed E-state index contributed by atoms with van der Waals surface area (Å²) in [5.41, 5.74) is 8.18. The first-order valence-electron chi connectivity index (χ1n) is 6.13. The standard InChI is InChI=1S/C14H13F2N3/c15-10-6-8(7-11(16)14(10)17)19-13-4-5-18-12-3-1-2-9(12)13/h4-7H,1-3,17H2,(H,18,19). The molecule has 1 aliphatic rings. The number of rotatable bonds is 2. The number of anilines is 3. The van der Waals surface area contributed by atoms with Gasteiger partial charge < -0.3 is 11.1 Å². The minimum absolute atomic E-state index is 0.351. The van der Waals surface area contributed by atoms with E-state index in [4.69, 9.17) is 5.73 Å². The minimum atomic E-state index is -0.756. The molecule has 1 heterocycles. The second-order valence-electron chi connectivity index (χ2n) is 4.62. The first-order valence-corrected chi connectivity index (χ1v) is 6.13. The van der Waals surface area contributed by atoms with Crippen LogP contribution in [0.3, 0.4) is 0 Å². The fraction of sp³-hybridized carbons (Fsp3) is 0.214. The Morgan fingerprint density at radius 3 is 2.63 bits per heavy atom. The van der Waals surface area contributed by atoms with Gasteiger partial charge in [-0.25, -0.2) is 8.78 Å². The Labute approximate surface area is 109 Å². The Bertz CT molecular complexity index is 618. The van der Waals surface area contributed by atoms with E-state index in [-0.39, 0.29) is 0 Å². The molecule has 0 radical (unpaired) electrons. The molecular formula is C14H13F2N3. The highest BCUT2D eigenvalue weighted by molar-refractivity contribution is 5.66. The quantitative estimate of drug-likeness (QED) is 0.816. The molecule has 5 heteroatoms. The van der Waals surface area contributed by atoms with Crippen molar-refractivity contribution >= 4 is 17.1 Å². The molecule has 0 amide bonds. The van der Waals surface area contributed by atoms with Crippen molar-refractivity contribution in [2.75, 3.05) is 11.1 Å². The Morgan fingerprint density at radius 2 is 1.89 bits per heavy atom. The van der Waals surface area contributed by atoms with Gasteiger partial charge in [-0.1, -0.05) is 0 Å². The first kappa shape index (κ1) is 11.9. The lowest BCUT2D eigenvalue weighted by Crippen LogP contribution is -2.01. The number of benzene rings is 1. The topological polar surface area (TPSA) is 50.9 Å². The summed E-state index contributed by atoms with van der Waals surface area (Å²) in [6, 6.07) is 4.21. The van der Waals surface area contributed by atoms with Gasteiger partial charge in [0, 0.05) is 23.3 Å². The van der Waals surface area contributed by atoms with Crippen molar-refractivity contribution in [3.63, 3.8) is 0 Å². The summed E-state index contributed by atoms with van der Waals surface area (Å²) in [6.45, 7) is 0. The molecule has 0 fully saturated rings. The Balaban J connectivity index is 1.96. The number of nitrogens with two attached hydrogens (primary N) is 1.